The summed E-state index contributed by atoms with van der Waals surface area (Å²) in [6.07, 6.45) is -0.250. The maximum absolute atomic E-state index is 12.4. The number of benzene rings is 1. The van der Waals surface area contributed by atoms with Gasteiger partial charge in [0.05, 0.1) is 0 Å². The number of alkyl halides is 1. The number of halogens is 1. The van der Waals surface area contributed by atoms with Gasteiger partial charge in [0.2, 0.25) is 0 Å². The molecule has 1 unspecified atom stereocenters. The molecule has 2 rings (SSSR count). The molecule has 0 N–H and O–H groups in total. The summed E-state index contributed by atoms with van der Waals surface area (Å²) < 4.78 is 5.52. The van der Waals surface area contributed by atoms with Crippen LogP contribution in [0.4, 0.5) is 4.79 Å². The summed E-state index contributed by atoms with van der Waals surface area (Å²) in [4.78, 5) is 16.6. The monoisotopic (exact) mass is 338 g/mol. The van der Waals surface area contributed by atoms with E-state index < -0.39 is 5.60 Å². The lowest BCUT2D eigenvalue weighted by Crippen LogP contribution is -2.59. The maximum atomic E-state index is 12.4. The van der Waals surface area contributed by atoms with Crippen molar-refractivity contribution in [3.8, 4) is 0 Å². The quantitative estimate of drug-likeness (QED) is 0.787. The molecule has 5 heteroatoms. The van der Waals surface area contributed by atoms with Crippen LogP contribution < -0.4 is 0 Å². The minimum Gasteiger partial charge on any atom is -0.444 e. The molecule has 128 valence electrons. The van der Waals surface area contributed by atoms with E-state index in [4.69, 9.17) is 16.3 Å². The summed E-state index contributed by atoms with van der Waals surface area (Å²) in [7, 11) is 0. The van der Waals surface area contributed by atoms with E-state index in [1.807, 2.05) is 39.0 Å². The van der Waals surface area contributed by atoms with Crippen LogP contribution in [0.5, 0.6) is 0 Å². The van der Waals surface area contributed by atoms with E-state index in [2.05, 4.69) is 24.0 Å². The number of rotatable bonds is 3. The molecular formula is C18H27ClN2O2. The molecule has 23 heavy (non-hydrogen) atoms. The van der Waals surface area contributed by atoms with E-state index in [-0.39, 0.29) is 18.2 Å². The second-order valence-electron chi connectivity index (χ2n) is 7.20. The molecule has 1 aliphatic heterocycles. The Bertz CT molecular complexity index is 516. The third-order valence-electron chi connectivity index (χ3n) is 3.99. The van der Waals surface area contributed by atoms with Crippen molar-refractivity contribution in [3.63, 3.8) is 0 Å². The van der Waals surface area contributed by atoms with E-state index in [1.165, 1.54) is 5.56 Å². The van der Waals surface area contributed by atoms with Crippen molar-refractivity contribution in [1.82, 2.24) is 9.80 Å². The van der Waals surface area contributed by atoms with E-state index in [9.17, 15) is 4.79 Å². The van der Waals surface area contributed by atoms with Gasteiger partial charge >= 0.3 is 6.09 Å². The van der Waals surface area contributed by atoms with Gasteiger partial charge in [0.15, 0.2) is 0 Å². The fraction of sp³-hybridized carbons (Fsp3) is 0.611. The zero-order chi connectivity index (χ0) is 17.0. The van der Waals surface area contributed by atoms with E-state index in [0.717, 1.165) is 13.1 Å². The molecule has 0 spiro atoms. The van der Waals surface area contributed by atoms with Crippen LogP contribution in [0.15, 0.2) is 30.3 Å². The first kappa shape index (κ1) is 18.1. The van der Waals surface area contributed by atoms with Gasteiger partial charge in [-0.25, -0.2) is 4.79 Å². The van der Waals surface area contributed by atoms with Gasteiger partial charge in [-0.1, -0.05) is 30.3 Å². The summed E-state index contributed by atoms with van der Waals surface area (Å²) in [5, 5.41) is 0. The minimum atomic E-state index is -0.478. The van der Waals surface area contributed by atoms with Crippen LogP contribution in [0.2, 0.25) is 0 Å². The first-order valence-corrected chi connectivity index (χ1v) is 8.67. The van der Waals surface area contributed by atoms with Gasteiger partial charge < -0.3 is 9.64 Å². The first-order chi connectivity index (χ1) is 10.8. The van der Waals surface area contributed by atoms with Crippen LogP contribution in [0.1, 0.15) is 33.3 Å². The summed E-state index contributed by atoms with van der Waals surface area (Å²) in [6, 6.07) is 10.6. The second kappa shape index (κ2) is 7.54. The number of hydrogen-bond acceptors (Lipinski definition) is 3. The van der Waals surface area contributed by atoms with Crippen LogP contribution >= 0.6 is 11.6 Å². The Labute approximate surface area is 144 Å². The Hall–Kier alpha value is -1.26. The average molecular weight is 339 g/mol. The molecule has 0 bridgehead atoms. The van der Waals surface area contributed by atoms with Crippen molar-refractivity contribution in [1.29, 1.82) is 0 Å². The Morgan fingerprint density at radius 2 is 1.91 bits per heavy atom. The molecule has 1 aromatic rings. The molecule has 1 aliphatic rings. The lowest BCUT2D eigenvalue weighted by atomic mass is 10.1. The molecule has 1 amide bonds. The van der Waals surface area contributed by atoms with Gasteiger partial charge in [-0.2, -0.15) is 0 Å². The number of hydrogen-bond donors (Lipinski definition) is 0. The van der Waals surface area contributed by atoms with Crippen LogP contribution in [0.25, 0.3) is 0 Å². The molecule has 1 aromatic carbocycles. The lowest BCUT2D eigenvalue weighted by molar-refractivity contribution is -0.0111. The minimum absolute atomic E-state index is 0.105. The molecule has 1 saturated heterocycles. The van der Waals surface area contributed by atoms with Crippen LogP contribution in [0.3, 0.4) is 0 Å². The third-order valence-corrected chi connectivity index (χ3v) is 4.35. The highest BCUT2D eigenvalue weighted by molar-refractivity contribution is 6.18. The Morgan fingerprint density at radius 3 is 2.48 bits per heavy atom. The van der Waals surface area contributed by atoms with Gasteiger partial charge in [0.25, 0.3) is 0 Å². The predicted octanol–water partition coefficient (Wildman–Crippen LogP) is 3.74. The SMILES string of the molecule is CC1CN(Cc2ccccc2)[C@@H](CCl)CN1C(=O)OC(C)(C)C. The molecule has 0 saturated carbocycles. The zero-order valence-electron chi connectivity index (χ0n) is 14.5. The molecule has 0 aromatic heterocycles. The van der Waals surface area contributed by atoms with Crippen molar-refractivity contribution >= 4 is 17.7 Å². The van der Waals surface area contributed by atoms with Gasteiger partial charge in [-0.3, -0.25) is 4.90 Å². The summed E-state index contributed by atoms with van der Waals surface area (Å²) >= 11 is 6.17. The smallest absolute Gasteiger partial charge is 0.410 e. The topological polar surface area (TPSA) is 32.8 Å². The number of amides is 1. The number of ether oxygens (including phenoxy) is 1. The van der Waals surface area contributed by atoms with E-state index in [1.54, 1.807) is 4.90 Å². The summed E-state index contributed by atoms with van der Waals surface area (Å²) in [6.45, 7) is 9.98. The van der Waals surface area contributed by atoms with Crippen molar-refractivity contribution in [2.45, 2.75) is 51.9 Å². The molecule has 2 atom stereocenters. The van der Waals surface area contributed by atoms with Crippen molar-refractivity contribution in [2.75, 3.05) is 19.0 Å². The molecule has 0 aliphatic carbocycles. The number of carbonyl (C=O) groups excluding carboxylic acids is 1. The van der Waals surface area contributed by atoms with E-state index >= 15 is 0 Å². The predicted molar refractivity (Wildman–Crippen MR) is 93.8 cm³/mol. The van der Waals surface area contributed by atoms with Gasteiger partial charge in [-0.15, -0.1) is 11.6 Å². The lowest BCUT2D eigenvalue weighted by Gasteiger charge is -2.44. The third kappa shape index (κ3) is 5.11. The Kier molecular flexibility index (Phi) is 5.93. The van der Waals surface area contributed by atoms with E-state index in [0.29, 0.717) is 12.4 Å². The zero-order valence-corrected chi connectivity index (χ0v) is 15.2. The van der Waals surface area contributed by atoms with Crippen LogP contribution in [0, 0.1) is 0 Å². The van der Waals surface area contributed by atoms with Gasteiger partial charge in [-0.05, 0) is 33.3 Å². The maximum Gasteiger partial charge on any atom is 0.410 e. The van der Waals surface area contributed by atoms with Crippen LogP contribution in [-0.4, -0.2) is 52.5 Å². The molecular weight excluding hydrogens is 312 g/mol. The van der Waals surface area contributed by atoms with Crippen molar-refractivity contribution in [2.24, 2.45) is 0 Å². The normalized spacial score (nSPS) is 22.9. The fourth-order valence-electron chi connectivity index (χ4n) is 2.84. The Balaban J connectivity index is 2.04. The van der Waals surface area contributed by atoms with Crippen LogP contribution in [-0.2, 0) is 11.3 Å². The fourth-order valence-corrected chi connectivity index (χ4v) is 3.14. The van der Waals surface area contributed by atoms with Gasteiger partial charge in [0.1, 0.15) is 5.60 Å². The first-order valence-electron chi connectivity index (χ1n) is 8.13. The summed E-state index contributed by atoms with van der Waals surface area (Å²) in [5.41, 5.74) is 0.787. The highest BCUT2D eigenvalue weighted by atomic mass is 35.5. The van der Waals surface area contributed by atoms with Gasteiger partial charge in [0, 0.05) is 37.6 Å². The largest absolute Gasteiger partial charge is 0.444 e. The second-order valence-corrected chi connectivity index (χ2v) is 7.51. The average Bonchev–Trinajstić information content (AvgIpc) is 2.46. The standard InChI is InChI=1S/C18H27ClN2O2/c1-14-11-20(12-15-8-6-5-7-9-15)16(10-19)13-21(14)17(22)23-18(2,3)4/h5-9,14,16H,10-13H2,1-4H3/t14?,16-/m0/s1. The summed E-state index contributed by atoms with van der Waals surface area (Å²) in [5.74, 6) is 0.499. The van der Waals surface area contributed by atoms with Crippen molar-refractivity contribution in [3.05, 3.63) is 35.9 Å². The molecule has 4 nitrogen and oxygen atoms in total. The molecule has 1 heterocycles. The molecule has 0 radical (unpaired) electrons. The molecule has 1 fully saturated rings. The Morgan fingerprint density at radius 1 is 1.26 bits per heavy atom. The van der Waals surface area contributed by atoms with Crippen molar-refractivity contribution < 1.29 is 9.53 Å². The number of carbonyl (C=O) groups is 1. The number of piperazine rings is 1. The highest BCUT2D eigenvalue weighted by Gasteiger charge is 2.35. The highest BCUT2D eigenvalue weighted by Crippen LogP contribution is 2.21. The number of nitrogens with zero attached hydrogens (tertiary/aromatic N) is 2.